The number of benzene rings is 1. The lowest BCUT2D eigenvalue weighted by molar-refractivity contribution is -0.144. The third-order valence-electron chi connectivity index (χ3n) is 3.74. The maximum atomic E-state index is 13.1. The van der Waals surface area contributed by atoms with Crippen LogP contribution in [0.5, 0.6) is 0 Å². The molecule has 7 heteroatoms. The zero-order valence-corrected chi connectivity index (χ0v) is 12.5. The monoisotopic (exact) mass is 315 g/mol. The van der Waals surface area contributed by atoms with E-state index in [2.05, 4.69) is 0 Å². The maximum absolute atomic E-state index is 13.1. The van der Waals surface area contributed by atoms with Gasteiger partial charge < -0.3 is 5.11 Å². The molecule has 1 heterocycles. The van der Waals surface area contributed by atoms with E-state index in [4.69, 9.17) is 0 Å². The average Bonchev–Trinajstić information content (AvgIpc) is 2.37. The first-order valence-corrected chi connectivity index (χ1v) is 8.39. The molecule has 0 saturated carbocycles. The molecule has 1 aliphatic heterocycles. The molecule has 1 saturated heterocycles. The minimum absolute atomic E-state index is 0.193. The third kappa shape index (κ3) is 3.59. The summed E-state index contributed by atoms with van der Waals surface area (Å²) in [6, 6.07) is 4.30. The van der Waals surface area contributed by atoms with Crippen LogP contribution in [0, 0.1) is 11.7 Å². The van der Waals surface area contributed by atoms with Gasteiger partial charge in [-0.05, 0) is 36.5 Å². The van der Waals surface area contributed by atoms with Crippen molar-refractivity contribution in [1.82, 2.24) is 4.31 Å². The average molecular weight is 315 g/mol. The normalized spacial score (nSPS) is 23.9. The van der Waals surface area contributed by atoms with E-state index < -0.39 is 27.9 Å². The lowest BCUT2D eigenvalue weighted by atomic mass is 9.93. The zero-order chi connectivity index (χ0) is 15.6. The molecule has 1 aromatic rings. The van der Waals surface area contributed by atoms with Crippen molar-refractivity contribution >= 4 is 16.0 Å². The van der Waals surface area contributed by atoms with Gasteiger partial charge in [0.25, 0.3) is 0 Å². The number of nitrogens with zero attached hydrogens (tertiary/aromatic N) is 1. The SMILES string of the molecule is CC1CCCN(S(=O)(=O)Cc2cccc(F)c2)C1C(=O)O. The van der Waals surface area contributed by atoms with E-state index in [1.807, 2.05) is 0 Å². The Morgan fingerprint density at radius 2 is 2.19 bits per heavy atom. The standard InChI is InChI=1S/C14H18FNO4S/c1-10-4-3-7-16(13(10)14(17)18)21(19,20)9-11-5-2-6-12(15)8-11/h2,5-6,8,10,13H,3-4,7,9H2,1H3,(H,17,18). The molecule has 21 heavy (non-hydrogen) atoms. The van der Waals surface area contributed by atoms with Crippen LogP contribution in [0.3, 0.4) is 0 Å². The van der Waals surface area contributed by atoms with Crippen LogP contribution in [0.15, 0.2) is 24.3 Å². The van der Waals surface area contributed by atoms with Gasteiger partial charge in [0.15, 0.2) is 0 Å². The second-order valence-electron chi connectivity index (χ2n) is 5.40. The van der Waals surface area contributed by atoms with E-state index in [1.165, 1.54) is 18.2 Å². The van der Waals surface area contributed by atoms with Gasteiger partial charge in [0.1, 0.15) is 11.9 Å². The van der Waals surface area contributed by atoms with Gasteiger partial charge >= 0.3 is 5.97 Å². The number of piperidine rings is 1. The van der Waals surface area contributed by atoms with E-state index >= 15 is 0 Å². The van der Waals surface area contributed by atoms with Crippen molar-refractivity contribution in [3.05, 3.63) is 35.6 Å². The summed E-state index contributed by atoms with van der Waals surface area (Å²) in [7, 11) is -3.79. The Kier molecular flexibility index (Phi) is 4.63. The van der Waals surface area contributed by atoms with E-state index in [-0.39, 0.29) is 18.2 Å². The van der Waals surface area contributed by atoms with Gasteiger partial charge in [0.05, 0.1) is 5.75 Å². The Balaban J connectivity index is 2.27. The molecule has 2 unspecified atom stereocenters. The molecule has 0 bridgehead atoms. The van der Waals surface area contributed by atoms with Crippen LogP contribution >= 0.6 is 0 Å². The van der Waals surface area contributed by atoms with E-state index in [0.717, 1.165) is 10.4 Å². The fourth-order valence-corrected chi connectivity index (χ4v) is 4.57. The van der Waals surface area contributed by atoms with Crippen molar-refractivity contribution in [2.45, 2.75) is 31.6 Å². The van der Waals surface area contributed by atoms with Gasteiger partial charge in [0, 0.05) is 6.54 Å². The van der Waals surface area contributed by atoms with Crippen molar-refractivity contribution in [2.75, 3.05) is 6.54 Å². The number of aliphatic carboxylic acids is 1. The lowest BCUT2D eigenvalue weighted by Gasteiger charge is -2.36. The molecule has 5 nitrogen and oxygen atoms in total. The second-order valence-corrected chi connectivity index (χ2v) is 7.32. The Morgan fingerprint density at radius 3 is 2.81 bits per heavy atom. The van der Waals surface area contributed by atoms with Crippen LogP contribution in [-0.2, 0) is 20.6 Å². The summed E-state index contributed by atoms with van der Waals surface area (Å²) >= 11 is 0. The number of carboxylic acids is 1. The molecule has 1 aliphatic rings. The number of hydrogen-bond acceptors (Lipinski definition) is 3. The largest absolute Gasteiger partial charge is 0.480 e. The minimum atomic E-state index is -3.79. The van der Waals surface area contributed by atoms with Gasteiger partial charge in [0.2, 0.25) is 10.0 Å². The molecule has 0 aromatic heterocycles. The summed E-state index contributed by atoms with van der Waals surface area (Å²) in [6.07, 6.45) is 1.32. The Labute approximate surface area is 123 Å². The van der Waals surface area contributed by atoms with Crippen molar-refractivity contribution in [2.24, 2.45) is 5.92 Å². The summed E-state index contributed by atoms with van der Waals surface area (Å²) in [5.41, 5.74) is 0.317. The van der Waals surface area contributed by atoms with Gasteiger partial charge in [-0.25, -0.2) is 12.8 Å². The van der Waals surface area contributed by atoms with Crippen molar-refractivity contribution in [3.63, 3.8) is 0 Å². The highest BCUT2D eigenvalue weighted by Gasteiger charge is 2.40. The van der Waals surface area contributed by atoms with Gasteiger partial charge in [-0.2, -0.15) is 4.31 Å². The highest BCUT2D eigenvalue weighted by molar-refractivity contribution is 7.88. The number of halogens is 1. The summed E-state index contributed by atoms with van der Waals surface area (Å²) in [4.78, 5) is 11.4. The van der Waals surface area contributed by atoms with Crippen LogP contribution in [0.25, 0.3) is 0 Å². The van der Waals surface area contributed by atoms with E-state index in [1.54, 1.807) is 6.92 Å². The molecule has 0 aliphatic carbocycles. The Bertz CT molecular complexity index is 632. The fourth-order valence-electron chi connectivity index (χ4n) is 2.75. The number of carbonyl (C=O) groups is 1. The molecule has 1 aromatic carbocycles. The molecule has 2 atom stereocenters. The topological polar surface area (TPSA) is 74.7 Å². The molecular formula is C14H18FNO4S. The van der Waals surface area contributed by atoms with Crippen molar-refractivity contribution < 1.29 is 22.7 Å². The van der Waals surface area contributed by atoms with Crippen LogP contribution < -0.4 is 0 Å². The molecule has 1 fully saturated rings. The van der Waals surface area contributed by atoms with Gasteiger partial charge in [-0.1, -0.05) is 19.1 Å². The molecule has 2 rings (SSSR count). The van der Waals surface area contributed by atoms with Gasteiger partial charge in [-0.15, -0.1) is 0 Å². The summed E-state index contributed by atoms with van der Waals surface area (Å²) < 4.78 is 39.1. The highest BCUT2D eigenvalue weighted by Crippen LogP contribution is 2.27. The molecule has 0 radical (unpaired) electrons. The van der Waals surface area contributed by atoms with Crippen LogP contribution in [0.1, 0.15) is 25.3 Å². The molecular weight excluding hydrogens is 297 g/mol. The fraction of sp³-hybridized carbons (Fsp3) is 0.500. The first kappa shape index (κ1) is 15.9. The smallest absolute Gasteiger partial charge is 0.322 e. The second kappa shape index (κ2) is 6.11. The summed E-state index contributed by atoms with van der Waals surface area (Å²) in [6.45, 7) is 1.93. The Hall–Kier alpha value is -1.47. The molecule has 116 valence electrons. The molecule has 0 spiro atoms. The number of sulfonamides is 1. The molecule has 0 amide bonds. The first-order chi connectivity index (χ1) is 9.81. The summed E-state index contributed by atoms with van der Waals surface area (Å²) in [5, 5.41) is 9.29. The predicted octanol–water partition coefficient (Wildman–Crippen LogP) is 1.84. The van der Waals surface area contributed by atoms with Crippen molar-refractivity contribution in [1.29, 1.82) is 0 Å². The summed E-state index contributed by atoms with van der Waals surface area (Å²) in [5.74, 6) is -2.27. The third-order valence-corrected chi connectivity index (χ3v) is 5.56. The van der Waals surface area contributed by atoms with Crippen LogP contribution in [0.4, 0.5) is 4.39 Å². The lowest BCUT2D eigenvalue weighted by Crippen LogP contribution is -2.52. The highest BCUT2D eigenvalue weighted by atomic mass is 32.2. The number of rotatable bonds is 4. The van der Waals surface area contributed by atoms with Crippen molar-refractivity contribution in [3.8, 4) is 0 Å². The predicted molar refractivity (Wildman–Crippen MR) is 75.6 cm³/mol. The first-order valence-electron chi connectivity index (χ1n) is 6.78. The maximum Gasteiger partial charge on any atom is 0.322 e. The number of hydrogen-bond donors (Lipinski definition) is 1. The van der Waals surface area contributed by atoms with Crippen LogP contribution in [0.2, 0.25) is 0 Å². The van der Waals surface area contributed by atoms with Crippen LogP contribution in [-0.4, -0.2) is 36.4 Å². The minimum Gasteiger partial charge on any atom is -0.480 e. The van der Waals surface area contributed by atoms with E-state index in [9.17, 15) is 22.7 Å². The van der Waals surface area contributed by atoms with E-state index in [0.29, 0.717) is 18.4 Å². The quantitative estimate of drug-likeness (QED) is 0.920. The zero-order valence-electron chi connectivity index (χ0n) is 11.7. The number of carboxylic acid groups (broad SMARTS) is 1. The Morgan fingerprint density at radius 1 is 1.48 bits per heavy atom. The van der Waals surface area contributed by atoms with Gasteiger partial charge in [-0.3, -0.25) is 4.79 Å². The molecule has 1 N–H and O–H groups in total.